The van der Waals surface area contributed by atoms with Gasteiger partial charge in [-0.05, 0) is 18.4 Å². The summed E-state index contributed by atoms with van der Waals surface area (Å²) in [5, 5.41) is 0. The van der Waals surface area contributed by atoms with E-state index in [9.17, 15) is 9.59 Å². The van der Waals surface area contributed by atoms with Gasteiger partial charge in [-0.2, -0.15) is 0 Å². The highest BCUT2D eigenvalue weighted by molar-refractivity contribution is 6.24. The van der Waals surface area contributed by atoms with E-state index in [-0.39, 0.29) is 35.5 Å². The minimum Gasteiger partial charge on any atom is -0.465 e. The van der Waals surface area contributed by atoms with Crippen LogP contribution in [0.4, 0.5) is 0 Å². The van der Waals surface area contributed by atoms with Gasteiger partial charge < -0.3 is 4.74 Å². The first-order valence-electron chi connectivity index (χ1n) is 8.75. The molecule has 0 spiro atoms. The number of nitrogens with zero attached hydrogens (tertiary/aromatic N) is 1. The molecule has 1 aliphatic carbocycles. The van der Waals surface area contributed by atoms with Crippen LogP contribution in [0.25, 0.3) is 5.57 Å². The summed E-state index contributed by atoms with van der Waals surface area (Å²) in [4.78, 5) is 27.2. The van der Waals surface area contributed by atoms with Gasteiger partial charge in [0.1, 0.15) is 6.04 Å². The Kier molecular flexibility index (Phi) is 4.86. The quantitative estimate of drug-likeness (QED) is 0.780. The third-order valence-corrected chi connectivity index (χ3v) is 5.01. The fourth-order valence-electron chi connectivity index (χ4n) is 3.96. The van der Waals surface area contributed by atoms with Crippen molar-refractivity contribution in [3.05, 3.63) is 42.0 Å². The van der Waals surface area contributed by atoms with E-state index >= 15 is 0 Å². The Morgan fingerprint density at radius 2 is 1.96 bits per heavy atom. The number of carbonyl (C=O) groups excluding carboxylic acids is 2. The van der Waals surface area contributed by atoms with Crippen LogP contribution in [0.3, 0.4) is 0 Å². The summed E-state index contributed by atoms with van der Waals surface area (Å²) in [6.07, 6.45) is 2.10. The van der Waals surface area contributed by atoms with Crippen molar-refractivity contribution in [2.45, 2.75) is 26.8 Å². The smallest absolute Gasteiger partial charge is 0.323 e. The molecule has 128 valence electrons. The van der Waals surface area contributed by atoms with Crippen LogP contribution in [-0.2, 0) is 14.3 Å². The monoisotopic (exact) mass is 327 g/mol. The van der Waals surface area contributed by atoms with Crippen molar-refractivity contribution in [1.82, 2.24) is 4.90 Å². The number of rotatable bonds is 5. The van der Waals surface area contributed by atoms with Crippen LogP contribution >= 0.6 is 0 Å². The Morgan fingerprint density at radius 3 is 2.54 bits per heavy atom. The number of carbonyl (C=O) groups is 2. The zero-order valence-electron chi connectivity index (χ0n) is 14.6. The van der Waals surface area contributed by atoms with Gasteiger partial charge in [-0.25, -0.2) is 0 Å². The standard InChI is InChI=1S/C20H25NO3/c1-4-24-20(23)18(13(2)3)21-11-15-10-16(19(22)17(15)12-21)14-8-6-5-7-9-14/h5-10,13,15,17-18H,4,11-12H2,1-3H3/t15-,17+,18+/m1/s1. The molecule has 24 heavy (non-hydrogen) atoms. The number of esters is 1. The van der Waals surface area contributed by atoms with E-state index in [1.807, 2.05) is 51.1 Å². The summed E-state index contributed by atoms with van der Waals surface area (Å²) in [7, 11) is 0. The maximum atomic E-state index is 12.8. The molecule has 0 radical (unpaired) electrons. The van der Waals surface area contributed by atoms with Crippen molar-refractivity contribution in [1.29, 1.82) is 0 Å². The van der Waals surface area contributed by atoms with Gasteiger partial charge in [-0.1, -0.05) is 50.3 Å². The second-order valence-electron chi connectivity index (χ2n) is 6.98. The minimum atomic E-state index is -0.267. The number of ether oxygens (including phenoxy) is 1. The highest BCUT2D eigenvalue weighted by Gasteiger charge is 2.46. The van der Waals surface area contributed by atoms with Gasteiger partial charge in [0.15, 0.2) is 5.78 Å². The van der Waals surface area contributed by atoms with Crippen LogP contribution in [0.15, 0.2) is 36.4 Å². The van der Waals surface area contributed by atoms with Crippen molar-refractivity contribution in [3.63, 3.8) is 0 Å². The van der Waals surface area contributed by atoms with Crippen LogP contribution in [0, 0.1) is 17.8 Å². The topological polar surface area (TPSA) is 46.6 Å². The van der Waals surface area contributed by atoms with Gasteiger partial charge in [0.05, 0.1) is 6.61 Å². The molecule has 3 rings (SSSR count). The second kappa shape index (κ2) is 6.89. The molecule has 3 atom stereocenters. The van der Waals surface area contributed by atoms with E-state index in [1.165, 1.54) is 0 Å². The molecule has 0 N–H and O–H groups in total. The van der Waals surface area contributed by atoms with E-state index < -0.39 is 0 Å². The molecular weight excluding hydrogens is 302 g/mol. The van der Waals surface area contributed by atoms with Crippen LogP contribution < -0.4 is 0 Å². The number of Topliss-reactive ketones (excluding diaryl/α,β-unsaturated/α-hetero) is 1. The molecule has 1 aromatic carbocycles. The second-order valence-corrected chi connectivity index (χ2v) is 6.98. The summed E-state index contributed by atoms with van der Waals surface area (Å²) in [6.45, 7) is 7.66. The average molecular weight is 327 g/mol. The summed E-state index contributed by atoms with van der Waals surface area (Å²) in [5.74, 6) is 0.363. The maximum Gasteiger partial charge on any atom is 0.323 e. The fourth-order valence-corrected chi connectivity index (χ4v) is 3.96. The lowest BCUT2D eigenvalue weighted by atomic mass is 9.97. The number of hydrogen-bond donors (Lipinski definition) is 0. The van der Waals surface area contributed by atoms with Crippen molar-refractivity contribution < 1.29 is 14.3 Å². The van der Waals surface area contributed by atoms with Crippen molar-refractivity contribution in [2.75, 3.05) is 19.7 Å². The Hall–Kier alpha value is -1.94. The third kappa shape index (κ3) is 3.03. The molecule has 0 unspecified atom stereocenters. The lowest BCUT2D eigenvalue weighted by Crippen LogP contribution is -2.45. The predicted molar refractivity (Wildman–Crippen MR) is 93.2 cm³/mol. The average Bonchev–Trinajstić information content (AvgIpc) is 3.08. The molecule has 1 aliphatic heterocycles. The van der Waals surface area contributed by atoms with Gasteiger partial charge in [-0.3, -0.25) is 14.5 Å². The number of likely N-dealkylation sites (tertiary alicyclic amines) is 1. The number of hydrogen-bond acceptors (Lipinski definition) is 4. The largest absolute Gasteiger partial charge is 0.465 e. The molecule has 2 aliphatic rings. The number of allylic oxidation sites excluding steroid dienone is 1. The summed E-state index contributed by atoms with van der Waals surface area (Å²) >= 11 is 0. The van der Waals surface area contributed by atoms with E-state index in [1.54, 1.807) is 0 Å². The zero-order valence-corrected chi connectivity index (χ0v) is 14.6. The molecule has 0 aromatic heterocycles. The van der Waals surface area contributed by atoms with E-state index in [0.29, 0.717) is 13.2 Å². The summed E-state index contributed by atoms with van der Waals surface area (Å²) in [6, 6.07) is 9.57. The first-order valence-corrected chi connectivity index (χ1v) is 8.75. The maximum absolute atomic E-state index is 12.8. The van der Waals surface area contributed by atoms with Crippen LogP contribution in [0.1, 0.15) is 26.3 Å². The van der Waals surface area contributed by atoms with E-state index in [0.717, 1.165) is 17.7 Å². The molecule has 1 heterocycles. The van der Waals surface area contributed by atoms with E-state index in [4.69, 9.17) is 4.74 Å². The molecule has 1 aromatic rings. The molecule has 0 saturated carbocycles. The molecule has 0 bridgehead atoms. The Bertz CT molecular complexity index is 650. The molecular formula is C20H25NO3. The number of fused-ring (bicyclic) bond motifs is 1. The Labute approximate surface area is 143 Å². The van der Waals surface area contributed by atoms with Crippen molar-refractivity contribution >= 4 is 17.3 Å². The minimum absolute atomic E-state index is 0.0316. The zero-order chi connectivity index (χ0) is 17.3. The number of benzene rings is 1. The Balaban J connectivity index is 1.78. The third-order valence-electron chi connectivity index (χ3n) is 5.01. The number of ketones is 1. The van der Waals surface area contributed by atoms with Gasteiger partial charge in [0.2, 0.25) is 0 Å². The summed E-state index contributed by atoms with van der Waals surface area (Å²) in [5.41, 5.74) is 1.83. The predicted octanol–water partition coefficient (Wildman–Crippen LogP) is 2.79. The lowest BCUT2D eigenvalue weighted by molar-refractivity contribution is -0.151. The Morgan fingerprint density at radius 1 is 1.25 bits per heavy atom. The first kappa shape index (κ1) is 16.9. The van der Waals surface area contributed by atoms with Crippen molar-refractivity contribution in [2.24, 2.45) is 17.8 Å². The van der Waals surface area contributed by atoms with Gasteiger partial charge in [-0.15, -0.1) is 0 Å². The summed E-state index contributed by atoms with van der Waals surface area (Å²) < 4.78 is 5.24. The molecule has 0 amide bonds. The SMILES string of the molecule is CCOC(=O)[C@H](C(C)C)N1C[C@H]2C=C(c3ccccc3)C(=O)[C@H]2C1. The highest BCUT2D eigenvalue weighted by Crippen LogP contribution is 2.39. The highest BCUT2D eigenvalue weighted by atomic mass is 16.5. The molecule has 4 nitrogen and oxygen atoms in total. The van der Waals surface area contributed by atoms with E-state index in [2.05, 4.69) is 11.0 Å². The normalized spacial score (nSPS) is 24.8. The lowest BCUT2D eigenvalue weighted by Gasteiger charge is -2.29. The molecule has 1 fully saturated rings. The van der Waals surface area contributed by atoms with Gasteiger partial charge in [0, 0.05) is 30.5 Å². The van der Waals surface area contributed by atoms with Gasteiger partial charge in [0.25, 0.3) is 0 Å². The van der Waals surface area contributed by atoms with Gasteiger partial charge >= 0.3 is 5.97 Å². The fraction of sp³-hybridized carbons (Fsp3) is 0.500. The molecule has 1 saturated heterocycles. The van der Waals surface area contributed by atoms with Crippen LogP contribution in [0.5, 0.6) is 0 Å². The van der Waals surface area contributed by atoms with Crippen LogP contribution in [-0.4, -0.2) is 42.4 Å². The van der Waals surface area contributed by atoms with Crippen molar-refractivity contribution in [3.8, 4) is 0 Å². The molecule has 4 heteroatoms. The van der Waals surface area contributed by atoms with Crippen LogP contribution in [0.2, 0.25) is 0 Å². The first-order chi connectivity index (χ1) is 11.5.